The van der Waals surface area contributed by atoms with Gasteiger partial charge in [-0.2, -0.15) is 0 Å². The average molecular weight is 258 g/mol. The fraction of sp³-hybridized carbons (Fsp3) is 0.417. The number of carbonyl (C=O) groups is 1. The van der Waals surface area contributed by atoms with Gasteiger partial charge in [0.25, 0.3) is 0 Å². The zero-order chi connectivity index (χ0) is 12.8. The van der Waals surface area contributed by atoms with E-state index in [0.717, 1.165) is 0 Å². The first-order valence-corrected chi connectivity index (χ1v) is 6.59. The summed E-state index contributed by atoms with van der Waals surface area (Å²) >= 11 is 0. The molecule has 0 heterocycles. The minimum absolute atomic E-state index is 0.110. The van der Waals surface area contributed by atoms with Crippen LogP contribution in [0.25, 0.3) is 0 Å². The van der Waals surface area contributed by atoms with Crippen molar-refractivity contribution < 1.29 is 18.1 Å². The Hall–Kier alpha value is -1.23. The van der Waals surface area contributed by atoms with Crippen LogP contribution in [0, 0.1) is 5.82 Å². The average Bonchev–Trinajstić information content (AvgIpc) is 2.28. The lowest BCUT2D eigenvalue weighted by Crippen LogP contribution is -2.18. The van der Waals surface area contributed by atoms with Gasteiger partial charge in [-0.25, -0.2) is 4.39 Å². The Morgan fingerprint density at radius 3 is 2.82 bits per heavy atom. The number of carbonyl (C=O) groups excluding carboxylic acids is 1. The summed E-state index contributed by atoms with van der Waals surface area (Å²) in [5, 5.41) is -0.300. The summed E-state index contributed by atoms with van der Waals surface area (Å²) in [6.07, 6.45) is 0.110. The lowest BCUT2D eigenvalue weighted by molar-refractivity contribution is -0.140. The molecule has 1 aromatic carbocycles. The molecule has 0 spiro atoms. The van der Waals surface area contributed by atoms with Gasteiger partial charge in [0.15, 0.2) is 0 Å². The normalized spacial score (nSPS) is 14.1. The quantitative estimate of drug-likeness (QED) is 0.759. The molecule has 0 aliphatic carbocycles. The highest BCUT2D eigenvalue weighted by Gasteiger charge is 2.16. The van der Waals surface area contributed by atoms with E-state index in [4.69, 9.17) is 0 Å². The second kappa shape index (κ2) is 6.49. The van der Waals surface area contributed by atoms with Crippen molar-refractivity contribution in [1.82, 2.24) is 0 Å². The predicted molar refractivity (Wildman–Crippen MR) is 64.3 cm³/mol. The van der Waals surface area contributed by atoms with E-state index in [9.17, 15) is 13.4 Å². The topological polar surface area (TPSA) is 43.4 Å². The first-order chi connectivity index (χ1) is 8.02. The molecule has 2 atom stereocenters. The van der Waals surface area contributed by atoms with Gasteiger partial charge in [-0.05, 0) is 17.7 Å². The maximum absolute atomic E-state index is 12.9. The van der Waals surface area contributed by atoms with E-state index >= 15 is 0 Å². The number of hydrogen-bond acceptors (Lipinski definition) is 3. The highest BCUT2D eigenvalue weighted by Crippen LogP contribution is 2.11. The van der Waals surface area contributed by atoms with Crippen LogP contribution in [-0.2, 0) is 26.1 Å². The minimum atomic E-state index is -1.21. The maximum atomic E-state index is 12.9. The van der Waals surface area contributed by atoms with Gasteiger partial charge in [-0.3, -0.25) is 9.00 Å². The number of methoxy groups -OCH3 is 1. The van der Waals surface area contributed by atoms with Gasteiger partial charge < -0.3 is 4.74 Å². The van der Waals surface area contributed by atoms with Crippen LogP contribution in [0.5, 0.6) is 0 Å². The molecule has 3 nitrogen and oxygen atoms in total. The second-order valence-electron chi connectivity index (χ2n) is 3.75. The molecule has 0 N–H and O–H groups in total. The first kappa shape index (κ1) is 13.8. The van der Waals surface area contributed by atoms with Crippen LogP contribution in [0.4, 0.5) is 4.39 Å². The van der Waals surface area contributed by atoms with Crippen molar-refractivity contribution in [3.63, 3.8) is 0 Å². The lowest BCUT2D eigenvalue weighted by atomic mass is 10.2. The SMILES string of the molecule is COC(=O)CC(C)S(=O)Cc1cccc(F)c1. The molecule has 0 aliphatic rings. The van der Waals surface area contributed by atoms with Crippen LogP contribution >= 0.6 is 0 Å². The van der Waals surface area contributed by atoms with Crippen LogP contribution in [-0.4, -0.2) is 22.5 Å². The van der Waals surface area contributed by atoms with E-state index in [1.807, 2.05) is 0 Å². The van der Waals surface area contributed by atoms with Crippen molar-refractivity contribution in [2.45, 2.75) is 24.3 Å². The molecule has 0 saturated heterocycles. The van der Waals surface area contributed by atoms with E-state index in [2.05, 4.69) is 4.74 Å². The molecule has 0 aliphatic heterocycles. The number of ether oxygens (including phenoxy) is 1. The monoisotopic (exact) mass is 258 g/mol. The second-order valence-corrected chi connectivity index (χ2v) is 5.60. The van der Waals surface area contributed by atoms with Crippen molar-refractivity contribution in [2.75, 3.05) is 7.11 Å². The summed E-state index contributed by atoms with van der Waals surface area (Å²) in [4.78, 5) is 11.0. The molecule has 0 amide bonds. The van der Waals surface area contributed by atoms with E-state index in [1.165, 1.54) is 19.2 Å². The third-order valence-corrected chi connectivity index (χ3v) is 4.01. The molecule has 1 rings (SSSR count). The Morgan fingerprint density at radius 2 is 2.24 bits per heavy atom. The third-order valence-electron chi connectivity index (χ3n) is 2.33. The molecule has 0 bridgehead atoms. The first-order valence-electron chi connectivity index (χ1n) is 5.21. The molecule has 0 fully saturated rings. The molecule has 0 saturated carbocycles. The molecule has 17 heavy (non-hydrogen) atoms. The molecular weight excluding hydrogens is 243 g/mol. The standard InChI is InChI=1S/C12H15FO3S/c1-9(6-12(14)16-2)17(15)8-10-4-3-5-11(13)7-10/h3-5,7,9H,6,8H2,1-2H3. The van der Waals surface area contributed by atoms with Crippen LogP contribution in [0.1, 0.15) is 18.9 Å². The molecular formula is C12H15FO3S. The molecule has 5 heteroatoms. The van der Waals surface area contributed by atoms with E-state index in [1.54, 1.807) is 19.1 Å². The smallest absolute Gasteiger partial charge is 0.306 e. The van der Waals surface area contributed by atoms with E-state index in [0.29, 0.717) is 5.56 Å². The number of hydrogen-bond donors (Lipinski definition) is 0. The zero-order valence-electron chi connectivity index (χ0n) is 9.81. The summed E-state index contributed by atoms with van der Waals surface area (Å²) in [6.45, 7) is 1.71. The highest BCUT2D eigenvalue weighted by molar-refractivity contribution is 7.84. The fourth-order valence-corrected chi connectivity index (χ4v) is 2.46. The van der Waals surface area contributed by atoms with Crippen LogP contribution < -0.4 is 0 Å². The Kier molecular flexibility index (Phi) is 5.28. The number of halogens is 1. The van der Waals surface area contributed by atoms with Crippen molar-refractivity contribution in [2.24, 2.45) is 0 Å². The van der Waals surface area contributed by atoms with Crippen LogP contribution in [0.3, 0.4) is 0 Å². The molecule has 0 aromatic heterocycles. The Bertz CT molecular complexity index is 420. The molecule has 2 unspecified atom stereocenters. The van der Waals surface area contributed by atoms with E-state index in [-0.39, 0.29) is 29.2 Å². The largest absolute Gasteiger partial charge is 0.469 e. The van der Waals surface area contributed by atoms with Gasteiger partial charge >= 0.3 is 5.97 Å². The van der Waals surface area contributed by atoms with Gasteiger partial charge in [0.05, 0.1) is 13.5 Å². The number of benzene rings is 1. The Labute approximate surface area is 102 Å². The Balaban J connectivity index is 2.57. The molecule has 1 aromatic rings. The summed E-state index contributed by atoms with van der Waals surface area (Å²) in [7, 11) is 0.0825. The van der Waals surface area contributed by atoms with Crippen molar-refractivity contribution in [3.8, 4) is 0 Å². The molecule has 94 valence electrons. The number of rotatable bonds is 5. The fourth-order valence-electron chi connectivity index (χ4n) is 1.34. The van der Waals surface area contributed by atoms with Gasteiger partial charge in [-0.1, -0.05) is 19.1 Å². The third kappa shape index (κ3) is 4.65. The minimum Gasteiger partial charge on any atom is -0.469 e. The van der Waals surface area contributed by atoms with E-state index < -0.39 is 10.8 Å². The van der Waals surface area contributed by atoms with Crippen LogP contribution in [0.2, 0.25) is 0 Å². The number of esters is 1. The van der Waals surface area contributed by atoms with Crippen molar-refractivity contribution in [1.29, 1.82) is 0 Å². The lowest BCUT2D eigenvalue weighted by Gasteiger charge is -2.10. The Morgan fingerprint density at radius 1 is 1.53 bits per heavy atom. The van der Waals surface area contributed by atoms with Gasteiger partial charge in [0, 0.05) is 21.8 Å². The summed E-state index contributed by atoms with van der Waals surface area (Å²) in [6, 6.07) is 5.98. The van der Waals surface area contributed by atoms with Gasteiger partial charge in [-0.15, -0.1) is 0 Å². The summed E-state index contributed by atoms with van der Waals surface area (Å²) in [5.74, 6) is -0.485. The van der Waals surface area contributed by atoms with Crippen molar-refractivity contribution >= 4 is 16.8 Å². The summed E-state index contributed by atoms with van der Waals surface area (Å²) < 4.78 is 29.3. The highest BCUT2D eigenvalue weighted by atomic mass is 32.2. The van der Waals surface area contributed by atoms with Gasteiger partial charge in [0.2, 0.25) is 0 Å². The summed E-state index contributed by atoms with van der Waals surface area (Å²) in [5.41, 5.74) is 0.667. The predicted octanol–water partition coefficient (Wildman–Crippen LogP) is 2.03. The molecule has 0 radical (unpaired) electrons. The zero-order valence-corrected chi connectivity index (χ0v) is 10.6. The van der Waals surface area contributed by atoms with Crippen LogP contribution in [0.15, 0.2) is 24.3 Å². The maximum Gasteiger partial charge on any atom is 0.306 e. The van der Waals surface area contributed by atoms with Crippen molar-refractivity contribution in [3.05, 3.63) is 35.6 Å². The van der Waals surface area contributed by atoms with Gasteiger partial charge in [0.1, 0.15) is 5.82 Å².